The van der Waals surface area contributed by atoms with E-state index in [2.05, 4.69) is 32.7 Å². The first-order valence-electron chi connectivity index (χ1n) is 5.12. The lowest BCUT2D eigenvalue weighted by Gasteiger charge is -2.22. The first-order valence-corrected chi connectivity index (χ1v) is 6.24. The molecule has 0 amide bonds. The lowest BCUT2D eigenvalue weighted by molar-refractivity contribution is 0.129. The molecule has 0 aliphatic rings. The Bertz CT molecular complexity index is 269. The largest absolute Gasteiger partial charge is 0.391 e. The Balaban J connectivity index is 2.47. The molecule has 0 fully saturated rings. The van der Waals surface area contributed by atoms with E-state index in [1.807, 2.05) is 18.2 Å². The van der Waals surface area contributed by atoms with Gasteiger partial charge in [0.2, 0.25) is 0 Å². The zero-order valence-corrected chi connectivity index (χ0v) is 10.5. The molecule has 84 valence electrons. The third-order valence-corrected chi connectivity index (χ3v) is 2.95. The molecule has 0 aliphatic carbocycles. The highest BCUT2D eigenvalue weighted by atomic mass is 79.9. The molecule has 3 nitrogen and oxygen atoms in total. The summed E-state index contributed by atoms with van der Waals surface area (Å²) in [4.78, 5) is 6.44. The second kappa shape index (κ2) is 6.93. The van der Waals surface area contributed by atoms with Crippen LogP contribution >= 0.6 is 15.9 Å². The molecule has 1 unspecified atom stereocenters. The van der Waals surface area contributed by atoms with E-state index in [0.29, 0.717) is 11.9 Å². The van der Waals surface area contributed by atoms with Crippen LogP contribution in [0, 0.1) is 0 Å². The Hall–Kier alpha value is -0.450. The van der Waals surface area contributed by atoms with Crippen molar-refractivity contribution in [3.05, 3.63) is 30.1 Å². The lowest BCUT2D eigenvalue weighted by atomic mass is 10.3. The summed E-state index contributed by atoms with van der Waals surface area (Å²) in [6, 6.07) is 5.90. The van der Waals surface area contributed by atoms with Crippen LogP contribution in [0.25, 0.3) is 0 Å². The van der Waals surface area contributed by atoms with Crippen molar-refractivity contribution in [2.75, 3.05) is 18.4 Å². The number of halogens is 1. The zero-order valence-electron chi connectivity index (χ0n) is 8.93. The van der Waals surface area contributed by atoms with Gasteiger partial charge in [0, 0.05) is 24.6 Å². The summed E-state index contributed by atoms with van der Waals surface area (Å²) in [7, 11) is 0. The molecule has 0 radical (unpaired) electrons. The monoisotopic (exact) mass is 272 g/mol. The summed E-state index contributed by atoms with van der Waals surface area (Å²) in [5.74, 6) is 0. The number of aromatic nitrogens is 1. The summed E-state index contributed by atoms with van der Waals surface area (Å²) < 4.78 is 0. The quantitative estimate of drug-likeness (QED) is 0.801. The summed E-state index contributed by atoms with van der Waals surface area (Å²) in [5.41, 5.74) is 1.04. The number of aliphatic hydroxyl groups is 1. The van der Waals surface area contributed by atoms with Crippen molar-refractivity contribution < 1.29 is 5.11 Å². The van der Waals surface area contributed by atoms with Gasteiger partial charge < -0.3 is 5.11 Å². The van der Waals surface area contributed by atoms with Crippen LogP contribution in [0.2, 0.25) is 0 Å². The highest BCUT2D eigenvalue weighted by molar-refractivity contribution is 9.09. The summed E-state index contributed by atoms with van der Waals surface area (Å²) in [5, 5.41) is 10.1. The molecule has 0 aliphatic heterocycles. The van der Waals surface area contributed by atoms with Crippen LogP contribution in [0.5, 0.6) is 0 Å². The predicted octanol–water partition coefficient (Wildman–Crippen LogP) is 1.66. The average molecular weight is 273 g/mol. The number of rotatable bonds is 6. The summed E-state index contributed by atoms with van der Waals surface area (Å²) in [6.07, 6.45) is 1.48. The first kappa shape index (κ1) is 12.6. The lowest BCUT2D eigenvalue weighted by Crippen LogP contribution is -2.32. The summed E-state index contributed by atoms with van der Waals surface area (Å²) >= 11 is 3.27. The molecule has 15 heavy (non-hydrogen) atoms. The van der Waals surface area contributed by atoms with Crippen molar-refractivity contribution in [1.29, 1.82) is 0 Å². The highest BCUT2D eigenvalue weighted by Gasteiger charge is 2.09. The number of nitrogens with zero attached hydrogens (tertiary/aromatic N) is 2. The molecule has 0 bridgehead atoms. The van der Waals surface area contributed by atoms with Gasteiger partial charge >= 0.3 is 0 Å². The number of aliphatic hydroxyl groups excluding tert-OH is 1. The second-order valence-corrected chi connectivity index (χ2v) is 4.10. The van der Waals surface area contributed by atoms with Crippen LogP contribution in [0.15, 0.2) is 24.4 Å². The molecule has 1 aromatic heterocycles. The molecule has 0 saturated carbocycles. The van der Waals surface area contributed by atoms with Crippen LogP contribution in [-0.4, -0.2) is 39.5 Å². The van der Waals surface area contributed by atoms with Crippen molar-refractivity contribution in [3.8, 4) is 0 Å². The predicted molar refractivity (Wildman–Crippen MR) is 65.0 cm³/mol. The van der Waals surface area contributed by atoms with Crippen LogP contribution < -0.4 is 0 Å². The van der Waals surface area contributed by atoms with Crippen molar-refractivity contribution in [2.24, 2.45) is 0 Å². The second-order valence-electron chi connectivity index (χ2n) is 3.46. The molecule has 1 atom stereocenters. The number of hydrogen-bond acceptors (Lipinski definition) is 3. The molecule has 1 aromatic rings. The fraction of sp³-hybridized carbons (Fsp3) is 0.545. The minimum Gasteiger partial charge on any atom is -0.391 e. The highest BCUT2D eigenvalue weighted by Crippen LogP contribution is 2.03. The Morgan fingerprint density at radius 1 is 1.53 bits per heavy atom. The average Bonchev–Trinajstić information content (AvgIpc) is 2.29. The van der Waals surface area contributed by atoms with Crippen LogP contribution in [0.1, 0.15) is 12.6 Å². The normalized spacial score (nSPS) is 13.1. The van der Waals surface area contributed by atoms with Crippen molar-refractivity contribution in [1.82, 2.24) is 9.88 Å². The van der Waals surface area contributed by atoms with E-state index >= 15 is 0 Å². The van der Waals surface area contributed by atoms with Crippen molar-refractivity contribution in [2.45, 2.75) is 19.6 Å². The molecule has 0 spiro atoms. The SMILES string of the molecule is CCN(Cc1ccccn1)CC(O)CBr. The van der Waals surface area contributed by atoms with Gasteiger partial charge in [-0.3, -0.25) is 9.88 Å². The maximum absolute atomic E-state index is 9.53. The maximum atomic E-state index is 9.53. The topological polar surface area (TPSA) is 36.4 Å². The minimum absolute atomic E-state index is 0.311. The molecule has 1 N–H and O–H groups in total. The number of likely N-dealkylation sites (N-methyl/N-ethyl adjacent to an activating group) is 1. The Kier molecular flexibility index (Phi) is 5.83. The van der Waals surface area contributed by atoms with E-state index in [1.54, 1.807) is 6.20 Å². The molecule has 1 heterocycles. The number of alkyl halides is 1. The fourth-order valence-corrected chi connectivity index (χ4v) is 1.58. The first-order chi connectivity index (χ1) is 7.26. The van der Waals surface area contributed by atoms with Gasteiger partial charge in [0.25, 0.3) is 0 Å². The van der Waals surface area contributed by atoms with Crippen molar-refractivity contribution >= 4 is 15.9 Å². The Morgan fingerprint density at radius 2 is 2.33 bits per heavy atom. The number of hydrogen-bond donors (Lipinski definition) is 1. The maximum Gasteiger partial charge on any atom is 0.0763 e. The van der Waals surface area contributed by atoms with Gasteiger partial charge in [-0.15, -0.1) is 0 Å². The van der Waals surface area contributed by atoms with Gasteiger partial charge in [0.15, 0.2) is 0 Å². The van der Waals surface area contributed by atoms with Crippen LogP contribution in [-0.2, 0) is 6.54 Å². The van der Waals surface area contributed by atoms with Crippen LogP contribution in [0.3, 0.4) is 0 Å². The Morgan fingerprint density at radius 3 is 2.87 bits per heavy atom. The molecule has 1 rings (SSSR count). The Labute approximate surface area is 99.3 Å². The van der Waals surface area contributed by atoms with Crippen LogP contribution in [0.4, 0.5) is 0 Å². The van der Waals surface area contributed by atoms with Crippen molar-refractivity contribution in [3.63, 3.8) is 0 Å². The van der Waals surface area contributed by atoms with Gasteiger partial charge in [-0.1, -0.05) is 28.9 Å². The smallest absolute Gasteiger partial charge is 0.0763 e. The van der Waals surface area contributed by atoms with E-state index in [1.165, 1.54) is 0 Å². The number of pyridine rings is 1. The minimum atomic E-state index is -0.311. The van der Waals surface area contributed by atoms with Gasteiger partial charge in [-0.25, -0.2) is 0 Å². The van der Waals surface area contributed by atoms with E-state index in [-0.39, 0.29) is 6.10 Å². The molecular formula is C11H17BrN2O. The summed E-state index contributed by atoms with van der Waals surface area (Å²) in [6.45, 7) is 4.48. The van der Waals surface area contributed by atoms with E-state index in [4.69, 9.17) is 0 Å². The standard InChI is InChI=1S/C11H17BrN2O/c1-2-14(9-11(15)7-12)8-10-5-3-4-6-13-10/h3-6,11,15H,2,7-9H2,1H3. The van der Waals surface area contributed by atoms with Gasteiger partial charge in [0.1, 0.15) is 0 Å². The molecule has 4 heteroatoms. The van der Waals surface area contributed by atoms with E-state index in [0.717, 1.165) is 18.8 Å². The van der Waals surface area contributed by atoms with Gasteiger partial charge in [-0.05, 0) is 18.7 Å². The third-order valence-electron chi connectivity index (χ3n) is 2.21. The van der Waals surface area contributed by atoms with Gasteiger partial charge in [-0.2, -0.15) is 0 Å². The third kappa shape index (κ3) is 4.73. The van der Waals surface area contributed by atoms with Gasteiger partial charge in [0.05, 0.1) is 11.8 Å². The molecule has 0 aromatic carbocycles. The van der Waals surface area contributed by atoms with E-state index < -0.39 is 0 Å². The molecular weight excluding hydrogens is 256 g/mol. The molecule has 0 saturated heterocycles. The zero-order chi connectivity index (χ0) is 11.1. The fourth-order valence-electron chi connectivity index (χ4n) is 1.37. The van der Waals surface area contributed by atoms with E-state index in [9.17, 15) is 5.11 Å².